The van der Waals surface area contributed by atoms with Crippen molar-refractivity contribution < 1.29 is 9.53 Å². The molecule has 2 heteroatoms. The van der Waals surface area contributed by atoms with E-state index in [9.17, 15) is 4.79 Å². The molecule has 0 unspecified atom stereocenters. The molecule has 14 heavy (non-hydrogen) atoms. The molecule has 0 N–H and O–H groups in total. The van der Waals surface area contributed by atoms with E-state index in [1.54, 1.807) is 0 Å². The van der Waals surface area contributed by atoms with Gasteiger partial charge in [-0.25, -0.2) is 0 Å². The van der Waals surface area contributed by atoms with Crippen molar-refractivity contribution in [2.45, 2.75) is 20.0 Å². The molecule has 0 aromatic heterocycles. The molecule has 0 saturated heterocycles. The van der Waals surface area contributed by atoms with E-state index in [4.69, 9.17) is 4.74 Å². The SMILES string of the molecule is CC1(C)[C@@H]2C(=O)c3ccccc3O[C@@H]21. The second kappa shape index (κ2) is 2.19. The summed E-state index contributed by atoms with van der Waals surface area (Å²) in [5.41, 5.74) is 0.773. The number of fused-ring (bicyclic) bond motifs is 2. The van der Waals surface area contributed by atoms with Gasteiger partial charge in [0.2, 0.25) is 0 Å². The first-order chi connectivity index (χ1) is 6.62. The Kier molecular flexibility index (Phi) is 1.26. The van der Waals surface area contributed by atoms with Gasteiger partial charge in [0.05, 0.1) is 11.5 Å². The first-order valence-corrected chi connectivity index (χ1v) is 4.92. The summed E-state index contributed by atoms with van der Waals surface area (Å²) in [6, 6.07) is 7.51. The number of carbonyl (C=O) groups excluding carboxylic acids is 1. The van der Waals surface area contributed by atoms with E-state index in [1.807, 2.05) is 24.3 Å². The van der Waals surface area contributed by atoms with Crippen molar-refractivity contribution in [2.75, 3.05) is 0 Å². The number of para-hydroxylation sites is 1. The summed E-state index contributed by atoms with van der Waals surface area (Å²) >= 11 is 0. The highest BCUT2D eigenvalue weighted by Crippen LogP contribution is 2.58. The number of ketones is 1. The van der Waals surface area contributed by atoms with Gasteiger partial charge in [0, 0.05) is 5.41 Å². The molecule has 2 atom stereocenters. The average molecular weight is 188 g/mol. The molecular formula is C12H12O2. The molecule has 0 radical (unpaired) electrons. The van der Waals surface area contributed by atoms with E-state index in [2.05, 4.69) is 13.8 Å². The number of rotatable bonds is 0. The van der Waals surface area contributed by atoms with Crippen LogP contribution in [0.3, 0.4) is 0 Å². The Morgan fingerprint density at radius 3 is 2.79 bits per heavy atom. The zero-order valence-corrected chi connectivity index (χ0v) is 8.28. The second-order valence-electron chi connectivity index (χ2n) is 4.70. The summed E-state index contributed by atoms with van der Waals surface area (Å²) in [6.07, 6.45) is 0.102. The van der Waals surface area contributed by atoms with E-state index in [0.29, 0.717) is 0 Å². The fraction of sp³-hybridized carbons (Fsp3) is 0.417. The van der Waals surface area contributed by atoms with Crippen LogP contribution >= 0.6 is 0 Å². The highest BCUT2D eigenvalue weighted by atomic mass is 16.5. The molecule has 1 aromatic carbocycles. The molecule has 0 spiro atoms. The fourth-order valence-electron chi connectivity index (χ4n) is 2.36. The van der Waals surface area contributed by atoms with Crippen LogP contribution in [0.2, 0.25) is 0 Å². The van der Waals surface area contributed by atoms with Crippen LogP contribution < -0.4 is 4.74 Å². The molecule has 72 valence electrons. The van der Waals surface area contributed by atoms with Crippen LogP contribution in [0.25, 0.3) is 0 Å². The van der Waals surface area contributed by atoms with Crippen LogP contribution in [-0.4, -0.2) is 11.9 Å². The maximum absolute atomic E-state index is 12.0. The van der Waals surface area contributed by atoms with Gasteiger partial charge in [-0.3, -0.25) is 4.79 Å². The Hall–Kier alpha value is -1.31. The molecule has 1 aromatic rings. The maximum atomic E-state index is 12.0. The molecule has 1 aliphatic carbocycles. The van der Waals surface area contributed by atoms with Crippen molar-refractivity contribution >= 4 is 5.78 Å². The van der Waals surface area contributed by atoms with Crippen molar-refractivity contribution in [1.82, 2.24) is 0 Å². The van der Waals surface area contributed by atoms with Crippen LogP contribution in [0.1, 0.15) is 24.2 Å². The quantitative estimate of drug-likeness (QED) is 0.624. The van der Waals surface area contributed by atoms with Crippen LogP contribution in [0, 0.1) is 11.3 Å². The van der Waals surface area contributed by atoms with Crippen LogP contribution in [0.15, 0.2) is 24.3 Å². The van der Waals surface area contributed by atoms with Crippen molar-refractivity contribution in [3.63, 3.8) is 0 Å². The number of Topliss-reactive ketones (excluding diaryl/α,β-unsaturated/α-hetero) is 1. The Labute approximate surface area is 82.9 Å². The third kappa shape index (κ3) is 0.788. The molecule has 1 fully saturated rings. The minimum Gasteiger partial charge on any atom is -0.488 e. The Morgan fingerprint density at radius 1 is 1.29 bits per heavy atom. The van der Waals surface area contributed by atoms with Gasteiger partial charge in [0.25, 0.3) is 0 Å². The number of benzene rings is 1. The van der Waals surface area contributed by atoms with Crippen molar-refractivity contribution in [2.24, 2.45) is 11.3 Å². The largest absolute Gasteiger partial charge is 0.488 e. The molecule has 2 aliphatic rings. The van der Waals surface area contributed by atoms with E-state index >= 15 is 0 Å². The van der Waals surface area contributed by atoms with E-state index in [0.717, 1.165) is 11.3 Å². The normalized spacial score (nSPS) is 31.4. The lowest BCUT2D eigenvalue weighted by Gasteiger charge is -2.14. The molecule has 0 bridgehead atoms. The third-order valence-corrected chi connectivity index (χ3v) is 3.42. The van der Waals surface area contributed by atoms with Gasteiger partial charge in [0.1, 0.15) is 11.9 Å². The van der Waals surface area contributed by atoms with Gasteiger partial charge in [0.15, 0.2) is 5.78 Å². The lowest BCUT2D eigenvalue weighted by molar-refractivity contribution is 0.0917. The summed E-state index contributed by atoms with van der Waals surface area (Å²) in [6.45, 7) is 4.18. The minimum absolute atomic E-state index is 0.0239. The van der Waals surface area contributed by atoms with Crippen molar-refractivity contribution in [3.8, 4) is 5.75 Å². The average Bonchev–Trinajstić information content (AvgIpc) is 2.70. The predicted molar refractivity (Wildman–Crippen MR) is 52.5 cm³/mol. The Balaban J connectivity index is 2.10. The lowest BCUT2D eigenvalue weighted by Crippen LogP contribution is -2.16. The molecule has 1 saturated carbocycles. The summed E-state index contributed by atoms with van der Waals surface area (Å²) < 4.78 is 5.77. The Bertz CT molecular complexity index is 420. The molecule has 1 aliphatic heterocycles. The van der Waals surface area contributed by atoms with Gasteiger partial charge in [-0.05, 0) is 12.1 Å². The summed E-state index contributed by atoms with van der Waals surface area (Å²) in [5.74, 6) is 1.09. The van der Waals surface area contributed by atoms with E-state index in [-0.39, 0.29) is 23.2 Å². The smallest absolute Gasteiger partial charge is 0.174 e. The summed E-state index contributed by atoms with van der Waals surface area (Å²) in [7, 11) is 0. The van der Waals surface area contributed by atoms with Gasteiger partial charge in [-0.2, -0.15) is 0 Å². The molecule has 3 rings (SSSR count). The highest BCUT2D eigenvalue weighted by Gasteiger charge is 2.66. The monoisotopic (exact) mass is 188 g/mol. The number of hydrogen-bond donors (Lipinski definition) is 0. The van der Waals surface area contributed by atoms with Gasteiger partial charge < -0.3 is 4.74 Å². The zero-order chi connectivity index (χ0) is 9.92. The molecule has 0 amide bonds. The summed E-state index contributed by atoms with van der Waals surface area (Å²) in [5, 5.41) is 0. The van der Waals surface area contributed by atoms with Gasteiger partial charge in [-0.15, -0.1) is 0 Å². The number of carbonyl (C=O) groups is 1. The topological polar surface area (TPSA) is 26.3 Å². The zero-order valence-electron chi connectivity index (χ0n) is 8.28. The fourth-order valence-corrected chi connectivity index (χ4v) is 2.36. The number of ether oxygens (including phenoxy) is 1. The molecular weight excluding hydrogens is 176 g/mol. The first kappa shape index (κ1) is 8.04. The third-order valence-electron chi connectivity index (χ3n) is 3.42. The van der Waals surface area contributed by atoms with E-state index < -0.39 is 0 Å². The second-order valence-corrected chi connectivity index (χ2v) is 4.70. The summed E-state index contributed by atoms with van der Waals surface area (Å²) in [4.78, 5) is 12.0. The van der Waals surface area contributed by atoms with Crippen LogP contribution in [0.4, 0.5) is 0 Å². The Morgan fingerprint density at radius 2 is 2.00 bits per heavy atom. The lowest BCUT2D eigenvalue weighted by atomic mass is 10.0. The van der Waals surface area contributed by atoms with Crippen LogP contribution in [0.5, 0.6) is 5.75 Å². The van der Waals surface area contributed by atoms with Crippen molar-refractivity contribution in [3.05, 3.63) is 29.8 Å². The standard InChI is InChI=1S/C12H12O2/c1-12(2)9-10(13)7-5-3-4-6-8(7)14-11(9)12/h3-6,9,11H,1-2H3/t9-,11+/m1/s1. The van der Waals surface area contributed by atoms with Crippen molar-refractivity contribution in [1.29, 1.82) is 0 Å². The molecule has 1 heterocycles. The maximum Gasteiger partial charge on any atom is 0.174 e. The number of hydrogen-bond acceptors (Lipinski definition) is 2. The van der Waals surface area contributed by atoms with Gasteiger partial charge >= 0.3 is 0 Å². The highest BCUT2D eigenvalue weighted by molar-refractivity contribution is 6.04. The van der Waals surface area contributed by atoms with Gasteiger partial charge in [-0.1, -0.05) is 26.0 Å². The van der Waals surface area contributed by atoms with Crippen LogP contribution in [-0.2, 0) is 0 Å². The molecule has 2 nitrogen and oxygen atoms in total. The first-order valence-electron chi connectivity index (χ1n) is 4.92. The predicted octanol–water partition coefficient (Wildman–Crippen LogP) is 2.29. The van der Waals surface area contributed by atoms with E-state index in [1.165, 1.54) is 0 Å². The minimum atomic E-state index is 0.0239.